The monoisotopic (exact) mass is 110 g/mol. The Labute approximate surface area is 36.8 Å². The average molecular weight is 110 g/mol. The summed E-state index contributed by atoms with van der Waals surface area (Å²) in [7, 11) is -0.182. The van der Waals surface area contributed by atoms with Crippen molar-refractivity contribution in [2.24, 2.45) is 0 Å². The van der Waals surface area contributed by atoms with Crippen LogP contribution in [-0.2, 0) is 11.3 Å². The maximum absolute atomic E-state index is 9.63. The van der Waals surface area contributed by atoms with E-state index in [0.717, 1.165) is 0 Å². The van der Waals surface area contributed by atoms with Crippen LogP contribution >= 0.6 is 7.12 Å². The first-order valence-corrected chi connectivity index (χ1v) is 5.03. The molecule has 0 radical (unpaired) electrons. The Bertz CT molecular complexity index is 36.6. The third-order valence-corrected chi connectivity index (χ3v) is 1.47. The molecular weight excluding hydrogens is 103 g/mol. The minimum absolute atomic E-state index is 0.182. The van der Waals surface area contributed by atoms with Crippen molar-refractivity contribution >= 4 is 18.4 Å². The highest BCUT2D eigenvalue weighted by Gasteiger charge is 1.77. The van der Waals surface area contributed by atoms with E-state index in [0.29, 0.717) is 11.3 Å². The highest BCUT2D eigenvalue weighted by atomic mass is 32.7. The molecule has 0 amide bonds. The van der Waals surface area contributed by atoms with Gasteiger partial charge in [-0.1, -0.05) is 0 Å². The lowest BCUT2D eigenvalue weighted by Gasteiger charge is -1.81. The van der Waals surface area contributed by atoms with Gasteiger partial charge in [0.1, 0.15) is 0 Å². The maximum atomic E-state index is 9.63. The highest BCUT2D eigenvalue weighted by Crippen LogP contribution is 2.20. The van der Waals surface area contributed by atoms with Gasteiger partial charge in [0.15, 0.2) is 0 Å². The molecule has 1 nitrogen and oxygen atoms in total. The lowest BCUT2D eigenvalue weighted by molar-refractivity contribution is 0.700. The summed E-state index contributed by atoms with van der Waals surface area (Å²) in [5.74, 6) is 0. The van der Waals surface area contributed by atoms with Crippen molar-refractivity contribution in [3.8, 4) is 0 Å². The van der Waals surface area contributed by atoms with Gasteiger partial charge in [-0.25, -0.2) is 0 Å². The zero-order chi connectivity index (χ0) is 4.28. The van der Waals surface area contributed by atoms with Crippen molar-refractivity contribution in [2.45, 2.75) is 0 Å². The average Bonchev–Trinajstić information content (AvgIpc) is 1.38. The van der Waals surface area contributed by atoms with Crippen LogP contribution in [0.1, 0.15) is 0 Å². The zero-order valence-electron chi connectivity index (χ0n) is 3.30. The quantitative estimate of drug-likeness (QED) is 0.386. The molecule has 32 valence electrons. The van der Waals surface area contributed by atoms with Gasteiger partial charge in [0.05, 0.1) is 0 Å². The summed E-state index contributed by atoms with van der Waals surface area (Å²) >= 11 is 0.312. The molecule has 0 aromatic heterocycles. The van der Waals surface area contributed by atoms with Crippen molar-refractivity contribution in [3.05, 3.63) is 0 Å². The van der Waals surface area contributed by atoms with E-state index in [-0.39, 0.29) is 7.12 Å². The fourth-order valence-electron chi connectivity index (χ4n) is 0. The van der Waals surface area contributed by atoms with Gasteiger partial charge in [-0.3, -0.25) is 4.21 Å². The molecular formula is C2H7OPS. The number of rotatable bonds is 1. The van der Waals surface area contributed by atoms with Crippen molar-refractivity contribution < 1.29 is 4.21 Å². The summed E-state index contributed by atoms with van der Waals surface area (Å²) in [6.45, 7) is 3.92. The van der Waals surface area contributed by atoms with Crippen LogP contribution < -0.4 is 0 Å². The number of hydrogen-bond acceptors (Lipinski definition) is 1. The van der Waals surface area contributed by atoms with E-state index in [1.54, 1.807) is 0 Å². The normalized spacial score (nSPS) is 9.40. The lowest BCUT2D eigenvalue weighted by atomic mass is 11.9. The summed E-state index contributed by atoms with van der Waals surface area (Å²) in [5.41, 5.74) is 0. The molecule has 0 spiro atoms. The van der Waals surface area contributed by atoms with Gasteiger partial charge in [0.25, 0.3) is 0 Å². The second-order valence-electron chi connectivity index (χ2n) is 0.929. The molecule has 0 aromatic carbocycles. The Morgan fingerprint density at radius 1 is 1.60 bits per heavy atom. The summed E-state index contributed by atoms with van der Waals surface area (Å²) in [6, 6.07) is 0. The largest absolute Gasteiger partial charge is 0.258 e. The second-order valence-corrected chi connectivity index (χ2v) is 5.68. The minimum atomic E-state index is -0.182. The lowest BCUT2D eigenvalue weighted by Crippen LogP contribution is -1.53. The molecule has 0 aliphatic rings. The van der Waals surface area contributed by atoms with E-state index in [1.165, 1.54) is 0 Å². The molecule has 0 aliphatic heterocycles. The first-order chi connectivity index (χ1) is 2.27. The van der Waals surface area contributed by atoms with Gasteiger partial charge >= 0.3 is 0 Å². The van der Waals surface area contributed by atoms with Crippen molar-refractivity contribution in [2.75, 3.05) is 13.3 Å². The first-order valence-electron chi connectivity index (χ1n) is 1.28. The van der Waals surface area contributed by atoms with Gasteiger partial charge in [-0.15, -0.1) is 0 Å². The van der Waals surface area contributed by atoms with Crippen LogP contribution in [0.3, 0.4) is 0 Å². The first kappa shape index (κ1) is 5.58. The third kappa shape index (κ3) is 4.58. The Morgan fingerprint density at radius 2 is 1.80 bits per heavy atom. The molecule has 0 fully saturated rings. The van der Waals surface area contributed by atoms with E-state index in [9.17, 15) is 4.21 Å². The topological polar surface area (TPSA) is 17.1 Å². The van der Waals surface area contributed by atoms with Crippen LogP contribution in [-0.4, -0.2) is 17.5 Å². The maximum Gasteiger partial charge on any atom is 0.0292 e. The summed E-state index contributed by atoms with van der Waals surface area (Å²) in [6.07, 6.45) is 0. The van der Waals surface area contributed by atoms with Crippen LogP contribution in [0.5, 0.6) is 0 Å². The van der Waals surface area contributed by atoms with Gasteiger partial charge < -0.3 is 0 Å². The van der Waals surface area contributed by atoms with Crippen LogP contribution in [0.4, 0.5) is 0 Å². The van der Waals surface area contributed by atoms with E-state index in [1.807, 2.05) is 13.3 Å². The predicted octanol–water partition coefficient (Wildman–Crippen LogP) is 0.588. The van der Waals surface area contributed by atoms with E-state index in [4.69, 9.17) is 0 Å². The standard InChI is InChI=1S/C2H7OPS/c1-4(2)5-3/h5H,1-2H3. The Hall–Kier alpha value is 0.580. The fourth-order valence-corrected chi connectivity index (χ4v) is 0. The molecule has 3 heteroatoms. The SMILES string of the molecule is CP(C)[SH]=O. The Kier molecular flexibility index (Phi) is 3.12. The molecule has 0 atom stereocenters. The summed E-state index contributed by atoms with van der Waals surface area (Å²) < 4.78 is 9.63. The molecule has 0 aromatic rings. The van der Waals surface area contributed by atoms with Gasteiger partial charge in [-0.05, 0) is 20.5 Å². The molecule has 5 heavy (non-hydrogen) atoms. The number of hydrogen-bond donors (Lipinski definition) is 1. The van der Waals surface area contributed by atoms with E-state index < -0.39 is 0 Å². The van der Waals surface area contributed by atoms with E-state index >= 15 is 0 Å². The van der Waals surface area contributed by atoms with Crippen LogP contribution in [0.25, 0.3) is 0 Å². The van der Waals surface area contributed by atoms with E-state index in [2.05, 4.69) is 0 Å². The predicted molar refractivity (Wildman–Crippen MR) is 28.3 cm³/mol. The summed E-state index contributed by atoms with van der Waals surface area (Å²) in [5, 5.41) is 0. The molecule has 0 heterocycles. The van der Waals surface area contributed by atoms with Crippen molar-refractivity contribution in [3.63, 3.8) is 0 Å². The van der Waals surface area contributed by atoms with Gasteiger partial charge in [0, 0.05) is 11.3 Å². The number of thiol groups is 1. The smallest absolute Gasteiger partial charge is 0.0292 e. The molecule has 0 saturated carbocycles. The molecule has 0 rings (SSSR count). The molecule has 0 bridgehead atoms. The zero-order valence-corrected chi connectivity index (χ0v) is 5.09. The Balaban J connectivity index is 2.83. The fraction of sp³-hybridized carbons (Fsp3) is 1.00. The Morgan fingerprint density at radius 3 is 1.80 bits per heavy atom. The van der Waals surface area contributed by atoms with Crippen LogP contribution in [0.2, 0.25) is 0 Å². The molecule has 0 N–H and O–H groups in total. The van der Waals surface area contributed by atoms with Crippen LogP contribution in [0.15, 0.2) is 0 Å². The summed E-state index contributed by atoms with van der Waals surface area (Å²) in [4.78, 5) is 0. The molecule has 0 saturated heterocycles. The highest BCUT2D eigenvalue weighted by molar-refractivity contribution is 8.36. The van der Waals surface area contributed by atoms with Gasteiger partial charge in [0.2, 0.25) is 0 Å². The third-order valence-electron chi connectivity index (χ3n) is 0.163. The van der Waals surface area contributed by atoms with Crippen LogP contribution in [0, 0.1) is 0 Å². The van der Waals surface area contributed by atoms with Crippen molar-refractivity contribution in [1.82, 2.24) is 0 Å². The van der Waals surface area contributed by atoms with Crippen molar-refractivity contribution in [1.29, 1.82) is 0 Å². The van der Waals surface area contributed by atoms with Gasteiger partial charge in [-0.2, -0.15) is 0 Å². The molecule has 0 aliphatic carbocycles. The second kappa shape index (κ2) is 2.80. The minimum Gasteiger partial charge on any atom is -0.258 e. The molecule has 0 unspecified atom stereocenters.